The van der Waals surface area contributed by atoms with E-state index < -0.39 is 0 Å². The van der Waals surface area contributed by atoms with Crippen molar-refractivity contribution in [2.75, 3.05) is 0 Å². The molecule has 0 saturated heterocycles. The molecule has 58 heavy (non-hydrogen) atoms. The van der Waals surface area contributed by atoms with Gasteiger partial charge in [-0.05, 0) is 94.5 Å². The smallest absolute Gasteiger partial charge is 0.218 e. The Balaban J connectivity index is 1.12. The minimum atomic E-state index is -0.0196. The maximum atomic E-state index is 5.01. The molecular weight excluding hydrogens is 705 g/mol. The van der Waals surface area contributed by atoms with Crippen LogP contribution in [0.5, 0.6) is 0 Å². The van der Waals surface area contributed by atoms with Crippen LogP contribution < -0.4 is 9.13 Å². The molecule has 0 radical (unpaired) electrons. The Hall–Kier alpha value is -6.52. The van der Waals surface area contributed by atoms with Gasteiger partial charge in [0, 0.05) is 59.3 Å². The van der Waals surface area contributed by atoms with Crippen molar-refractivity contribution in [2.24, 2.45) is 0 Å². The van der Waals surface area contributed by atoms with Crippen molar-refractivity contribution in [1.29, 1.82) is 0 Å². The lowest BCUT2D eigenvalue weighted by molar-refractivity contribution is -0.720. The first-order chi connectivity index (χ1) is 28.2. The Morgan fingerprint density at radius 1 is 0.603 bits per heavy atom. The van der Waals surface area contributed by atoms with Gasteiger partial charge < -0.3 is 0 Å². The number of hydrogen-bond donors (Lipinski definition) is 0. The summed E-state index contributed by atoms with van der Waals surface area (Å²) in [7, 11) is 0. The van der Waals surface area contributed by atoms with Gasteiger partial charge in [-0.15, -0.1) is 0 Å². The third-order valence-electron chi connectivity index (χ3n) is 12.5. The fourth-order valence-corrected chi connectivity index (χ4v) is 9.49. The Morgan fingerprint density at radius 2 is 1.31 bits per heavy atom. The van der Waals surface area contributed by atoms with E-state index in [-0.39, 0.29) is 11.5 Å². The van der Waals surface area contributed by atoms with Crippen LogP contribution in [-0.4, -0.2) is 9.97 Å². The summed E-state index contributed by atoms with van der Waals surface area (Å²) in [5.74, 6) is 0.337. The predicted octanol–water partition coefficient (Wildman–Crippen LogP) is 12.3. The second-order valence-corrected chi connectivity index (χ2v) is 17.2. The zero-order chi connectivity index (χ0) is 39.5. The minimum Gasteiger partial charge on any atom is -0.252 e. The zero-order valence-electron chi connectivity index (χ0n) is 33.8. The van der Waals surface area contributed by atoms with Gasteiger partial charge in [0.25, 0.3) is 0 Å². The van der Waals surface area contributed by atoms with Crippen molar-refractivity contribution in [3.63, 3.8) is 0 Å². The summed E-state index contributed by atoms with van der Waals surface area (Å²) < 4.78 is 4.91. The maximum absolute atomic E-state index is 5.01. The van der Waals surface area contributed by atoms with Crippen LogP contribution in [0.4, 0.5) is 0 Å². The van der Waals surface area contributed by atoms with Crippen LogP contribution in [-0.2, 0) is 11.8 Å². The molecule has 2 aliphatic heterocycles. The molecule has 8 aromatic rings. The Bertz CT molecular complexity index is 2900. The summed E-state index contributed by atoms with van der Waals surface area (Å²) in [6.45, 7) is 13.9. The van der Waals surface area contributed by atoms with Crippen molar-refractivity contribution in [2.45, 2.75) is 64.3 Å². The lowest BCUT2D eigenvalue weighted by Crippen LogP contribution is -2.49. The van der Waals surface area contributed by atoms with Crippen LogP contribution in [0.25, 0.3) is 72.6 Å². The van der Waals surface area contributed by atoms with Crippen molar-refractivity contribution < 1.29 is 9.13 Å². The second-order valence-electron chi connectivity index (χ2n) is 17.2. The molecule has 10 rings (SSSR count). The molecule has 4 heteroatoms. The first kappa shape index (κ1) is 35.9. The van der Waals surface area contributed by atoms with Crippen molar-refractivity contribution in [1.82, 2.24) is 9.97 Å². The van der Waals surface area contributed by atoms with Crippen LogP contribution in [0.15, 0.2) is 165 Å². The zero-order valence-corrected chi connectivity index (χ0v) is 33.8. The second kappa shape index (κ2) is 14.1. The summed E-state index contributed by atoms with van der Waals surface area (Å²) in [6.07, 6.45) is 11.0. The van der Waals surface area contributed by atoms with Crippen LogP contribution in [0.3, 0.4) is 0 Å². The normalized spacial score (nSPS) is 16.1. The van der Waals surface area contributed by atoms with E-state index >= 15 is 0 Å². The highest BCUT2D eigenvalue weighted by Gasteiger charge is 2.42. The number of benzene rings is 5. The molecule has 0 spiro atoms. The molecule has 4 nitrogen and oxygen atoms in total. The van der Waals surface area contributed by atoms with Gasteiger partial charge in [0.1, 0.15) is 0 Å². The highest BCUT2D eigenvalue weighted by atomic mass is 15.0. The van der Waals surface area contributed by atoms with Gasteiger partial charge in [0.15, 0.2) is 24.1 Å². The van der Waals surface area contributed by atoms with Gasteiger partial charge in [-0.2, -0.15) is 9.13 Å². The molecule has 5 aromatic carbocycles. The fraction of sp³-hybridized carbons (Fsp3) is 0.185. The molecule has 0 bridgehead atoms. The molecular formula is C54H48N4+2. The van der Waals surface area contributed by atoms with Crippen LogP contribution in [0.1, 0.15) is 67.8 Å². The largest absolute Gasteiger partial charge is 0.252 e. The van der Waals surface area contributed by atoms with Crippen molar-refractivity contribution >= 4 is 16.7 Å². The molecule has 0 amide bonds. The van der Waals surface area contributed by atoms with Gasteiger partial charge in [-0.1, -0.05) is 112 Å². The number of hydrogen-bond acceptors (Lipinski definition) is 2. The first-order valence-corrected chi connectivity index (χ1v) is 20.6. The Kier molecular flexibility index (Phi) is 8.75. The Labute approximate surface area is 341 Å². The first-order valence-electron chi connectivity index (χ1n) is 20.6. The van der Waals surface area contributed by atoms with E-state index in [0.29, 0.717) is 5.92 Å². The molecule has 2 atom stereocenters. The molecule has 0 aliphatic carbocycles. The molecule has 0 fully saturated rings. The number of aromatic nitrogens is 4. The van der Waals surface area contributed by atoms with E-state index in [1.54, 1.807) is 0 Å². The molecule has 3 aromatic heterocycles. The molecule has 0 saturated carbocycles. The van der Waals surface area contributed by atoms with Crippen LogP contribution >= 0.6 is 0 Å². The molecule has 0 N–H and O–H groups in total. The molecule has 2 unspecified atom stereocenters. The summed E-state index contributed by atoms with van der Waals surface area (Å²) in [6, 6.07) is 49.5. The van der Waals surface area contributed by atoms with E-state index in [1.807, 2.05) is 12.4 Å². The lowest BCUT2D eigenvalue weighted by Gasteiger charge is -2.31. The van der Waals surface area contributed by atoms with E-state index in [0.717, 1.165) is 58.2 Å². The van der Waals surface area contributed by atoms with Gasteiger partial charge in [-0.25, -0.2) is 0 Å². The van der Waals surface area contributed by atoms with Crippen molar-refractivity contribution in [3.05, 3.63) is 187 Å². The van der Waals surface area contributed by atoms with Gasteiger partial charge in [0.05, 0.1) is 23.0 Å². The topological polar surface area (TPSA) is 33.5 Å². The third-order valence-corrected chi connectivity index (χ3v) is 12.5. The van der Waals surface area contributed by atoms with E-state index in [4.69, 9.17) is 16.5 Å². The van der Waals surface area contributed by atoms with Gasteiger partial charge in [-0.3, -0.25) is 9.97 Å². The number of rotatable bonds is 3. The lowest BCUT2D eigenvalue weighted by atomic mass is 9.77. The third kappa shape index (κ3) is 6.24. The van der Waals surface area contributed by atoms with Gasteiger partial charge >= 0.3 is 0 Å². The van der Waals surface area contributed by atoms with Crippen LogP contribution in [0.2, 0.25) is 0 Å². The molecule has 282 valence electrons. The number of pyridine rings is 2. The van der Waals surface area contributed by atoms with E-state index in [1.165, 1.54) is 55.9 Å². The Morgan fingerprint density at radius 3 is 2.09 bits per heavy atom. The maximum Gasteiger partial charge on any atom is 0.218 e. The van der Waals surface area contributed by atoms with E-state index in [2.05, 4.69) is 183 Å². The standard InChI is InChI=1S/C54H48N4/c1-35-24-28-58-49(30-35)46-17-10-9-16-45(46)47-21-20-38-18-19-41(33-48(38)51-34-42(54(3,4)5)25-29-57(51)36(2)31-50(47)58)44-23-22-43(52-53(44)56-27-26-55-52)40-15-11-14-39(32-40)37-12-7-6-8-13-37/h6-19,22-30,32-34,47,50H,2,20-21,31H2,1,3-5H3/q+2. The van der Waals surface area contributed by atoms with Crippen molar-refractivity contribution in [3.8, 4) is 55.9 Å². The summed E-state index contributed by atoms with van der Waals surface area (Å²) in [5.41, 5.74) is 20.1. The monoisotopic (exact) mass is 752 g/mol. The summed E-state index contributed by atoms with van der Waals surface area (Å²) in [4.78, 5) is 9.97. The SMILES string of the molecule is C=C1CC2C(CCc3ccc(-c4ccc(-c5cccc(-c6ccccc6)c5)c5nccnc45)cc3-c3cc(C(C)(C)C)cc[n+]31)c1ccccc1-c1cc(C)cc[n+]12. The average Bonchev–Trinajstić information content (AvgIpc) is 3.25. The summed E-state index contributed by atoms with van der Waals surface area (Å²) >= 11 is 0. The van der Waals surface area contributed by atoms with E-state index in [9.17, 15) is 0 Å². The minimum absolute atomic E-state index is 0.0196. The molecule has 5 heterocycles. The predicted molar refractivity (Wildman–Crippen MR) is 237 cm³/mol. The number of fused-ring (bicyclic) bond motifs is 10. The average molecular weight is 753 g/mol. The van der Waals surface area contributed by atoms with Crippen LogP contribution in [0, 0.1) is 6.92 Å². The fourth-order valence-electron chi connectivity index (χ4n) is 9.49. The quantitative estimate of drug-likeness (QED) is 0.168. The number of allylic oxidation sites excluding steroid dienone is 1. The van der Waals surface area contributed by atoms with Gasteiger partial charge in [0.2, 0.25) is 11.4 Å². The highest BCUT2D eigenvalue weighted by Crippen LogP contribution is 2.45. The summed E-state index contributed by atoms with van der Waals surface area (Å²) in [5, 5.41) is 0. The highest BCUT2D eigenvalue weighted by molar-refractivity contribution is 6.01. The molecule has 2 aliphatic rings. The number of aryl methyl sites for hydroxylation is 2. The number of nitrogens with zero attached hydrogens (tertiary/aromatic N) is 4.